The molecule has 176 valence electrons. The summed E-state index contributed by atoms with van der Waals surface area (Å²) in [7, 11) is 2.40. The van der Waals surface area contributed by atoms with Crippen molar-refractivity contribution in [2.75, 3.05) is 33.0 Å². The third-order valence-electron chi connectivity index (χ3n) is 5.64. The molecule has 9 nitrogen and oxygen atoms in total. The Morgan fingerprint density at radius 1 is 1.24 bits per heavy atom. The summed E-state index contributed by atoms with van der Waals surface area (Å²) in [6.07, 6.45) is 3.55. The van der Waals surface area contributed by atoms with E-state index in [0.29, 0.717) is 30.9 Å². The minimum Gasteiger partial charge on any atom is -0.479 e. The number of anilines is 1. The van der Waals surface area contributed by atoms with E-state index in [0.717, 1.165) is 5.69 Å². The number of nitrogens with zero attached hydrogens (tertiary/aromatic N) is 5. The predicted octanol–water partition coefficient (Wildman–Crippen LogP) is 2.21. The summed E-state index contributed by atoms with van der Waals surface area (Å²) >= 11 is 0. The van der Waals surface area contributed by atoms with Gasteiger partial charge >= 0.3 is 0 Å². The summed E-state index contributed by atoms with van der Waals surface area (Å²) in [5.74, 6) is 2.74. The molecule has 4 rings (SSSR count). The fourth-order valence-electron chi connectivity index (χ4n) is 3.98. The number of carbonyl (C=O) groups excluding carboxylic acids is 1. The Hall–Kier alpha value is -4.20. The molecule has 3 aromatic rings. The first-order valence-corrected chi connectivity index (χ1v) is 10.3. The van der Waals surface area contributed by atoms with Gasteiger partial charge in [0, 0.05) is 30.9 Å². The number of aromatic nitrogens is 4. The number of nitrogen functional groups attached to an aromatic ring is 1. The van der Waals surface area contributed by atoms with E-state index < -0.39 is 29.0 Å². The van der Waals surface area contributed by atoms with Crippen LogP contribution < -0.4 is 15.2 Å². The number of nitrogens with two attached hydrogens (primary N) is 1. The van der Waals surface area contributed by atoms with Crippen LogP contribution in [0.5, 0.6) is 11.8 Å². The second-order valence-electron chi connectivity index (χ2n) is 7.64. The average Bonchev–Trinajstić information content (AvgIpc) is 3.47. The highest BCUT2D eigenvalue weighted by molar-refractivity contribution is 5.87. The van der Waals surface area contributed by atoms with Gasteiger partial charge in [-0.15, -0.1) is 0 Å². The lowest BCUT2D eigenvalue weighted by atomic mass is 10.1. The van der Waals surface area contributed by atoms with Crippen LogP contribution in [0.25, 0.3) is 5.52 Å². The number of aryl methyl sites for hydroxylation is 1. The minimum absolute atomic E-state index is 0.0953. The van der Waals surface area contributed by atoms with Gasteiger partial charge in [0.15, 0.2) is 5.82 Å². The lowest BCUT2D eigenvalue weighted by Crippen LogP contribution is -2.26. The molecule has 2 N–H and O–H groups in total. The molecule has 4 heterocycles. The summed E-state index contributed by atoms with van der Waals surface area (Å²) in [5.41, 5.74) is 6.93. The molecule has 0 spiro atoms. The fraction of sp³-hybridized carbons (Fsp3) is 0.304. The summed E-state index contributed by atoms with van der Waals surface area (Å²) < 4.78 is 41.0. The highest BCUT2D eigenvalue weighted by Gasteiger charge is 2.31. The molecule has 0 saturated carbocycles. The summed E-state index contributed by atoms with van der Waals surface area (Å²) in [6, 6.07) is 0. The van der Waals surface area contributed by atoms with Crippen LogP contribution in [0.15, 0.2) is 18.9 Å². The molecule has 0 radical (unpaired) electrons. The quantitative estimate of drug-likeness (QED) is 0.462. The maximum atomic E-state index is 14.7. The molecule has 1 fully saturated rings. The van der Waals surface area contributed by atoms with E-state index in [1.165, 1.54) is 20.3 Å². The van der Waals surface area contributed by atoms with Crippen molar-refractivity contribution >= 4 is 17.2 Å². The second kappa shape index (κ2) is 8.97. The number of halogens is 2. The zero-order valence-electron chi connectivity index (χ0n) is 18.9. The molecule has 1 aliphatic rings. The predicted molar refractivity (Wildman–Crippen MR) is 120 cm³/mol. The number of fused-ring (bicyclic) bond motifs is 1. The number of carbonyl (C=O) groups is 1. The van der Waals surface area contributed by atoms with Gasteiger partial charge in [-0.3, -0.25) is 9.20 Å². The first kappa shape index (κ1) is 23.0. The number of rotatable bonds is 4. The molecular formula is C23H22F2N6O3. The van der Waals surface area contributed by atoms with Crippen LogP contribution in [0, 0.1) is 30.4 Å². The molecular weight excluding hydrogens is 446 g/mol. The normalized spacial score (nSPS) is 15.2. The number of imidazole rings is 1. The summed E-state index contributed by atoms with van der Waals surface area (Å²) in [4.78, 5) is 26.2. The van der Waals surface area contributed by atoms with Crippen molar-refractivity contribution in [2.45, 2.75) is 19.3 Å². The number of likely N-dealkylation sites (tertiary alicyclic amines) is 1. The molecule has 1 amide bonds. The number of pyridine rings is 1. The highest BCUT2D eigenvalue weighted by Crippen LogP contribution is 2.31. The van der Waals surface area contributed by atoms with Crippen molar-refractivity contribution in [1.29, 1.82) is 0 Å². The maximum Gasteiger partial charge on any atom is 0.254 e. The van der Waals surface area contributed by atoms with Crippen LogP contribution in [0.3, 0.4) is 0 Å². The molecule has 1 aliphatic heterocycles. The van der Waals surface area contributed by atoms with Crippen molar-refractivity contribution in [3.63, 3.8) is 0 Å². The SMILES string of the molecule is C=CC(=O)N1CCC(c2nc(C#Cc3c(F)c(OC)nc(OC)c3F)c3c(N)ncc(C)n23)C1. The van der Waals surface area contributed by atoms with Gasteiger partial charge in [-0.1, -0.05) is 12.5 Å². The zero-order valence-corrected chi connectivity index (χ0v) is 18.9. The lowest BCUT2D eigenvalue weighted by Gasteiger charge is -2.14. The summed E-state index contributed by atoms with van der Waals surface area (Å²) in [5, 5.41) is 0. The minimum atomic E-state index is -1.06. The first-order chi connectivity index (χ1) is 16.3. The highest BCUT2D eigenvalue weighted by atomic mass is 19.1. The van der Waals surface area contributed by atoms with Gasteiger partial charge in [0.05, 0.1) is 14.2 Å². The van der Waals surface area contributed by atoms with Crippen LogP contribution in [0.4, 0.5) is 14.6 Å². The van der Waals surface area contributed by atoms with E-state index in [2.05, 4.69) is 33.4 Å². The molecule has 11 heteroatoms. The van der Waals surface area contributed by atoms with Gasteiger partial charge in [-0.2, -0.15) is 13.8 Å². The van der Waals surface area contributed by atoms with Crippen molar-refractivity contribution < 1.29 is 23.0 Å². The molecule has 0 aromatic carbocycles. The fourth-order valence-corrected chi connectivity index (χ4v) is 3.98. The van der Waals surface area contributed by atoms with Crippen molar-refractivity contribution in [1.82, 2.24) is 24.3 Å². The Kier molecular flexibility index (Phi) is 6.06. The summed E-state index contributed by atoms with van der Waals surface area (Å²) in [6.45, 7) is 6.37. The first-order valence-electron chi connectivity index (χ1n) is 10.3. The smallest absolute Gasteiger partial charge is 0.254 e. The molecule has 0 bridgehead atoms. The number of hydrogen-bond acceptors (Lipinski definition) is 7. The Morgan fingerprint density at radius 3 is 2.53 bits per heavy atom. The Balaban J connectivity index is 1.86. The second-order valence-corrected chi connectivity index (χ2v) is 7.64. The van der Waals surface area contributed by atoms with Gasteiger partial charge in [-0.25, -0.2) is 9.97 Å². The number of hydrogen-bond donors (Lipinski definition) is 1. The Bertz CT molecular complexity index is 1350. The van der Waals surface area contributed by atoms with Gasteiger partial charge in [-0.05, 0) is 25.3 Å². The molecule has 0 aliphatic carbocycles. The van der Waals surface area contributed by atoms with E-state index in [1.54, 1.807) is 11.1 Å². The van der Waals surface area contributed by atoms with Gasteiger partial charge in [0.2, 0.25) is 17.5 Å². The van der Waals surface area contributed by atoms with Gasteiger partial charge in [0.1, 0.15) is 22.6 Å². The largest absolute Gasteiger partial charge is 0.479 e. The van der Waals surface area contributed by atoms with Gasteiger partial charge in [0.25, 0.3) is 11.8 Å². The monoisotopic (exact) mass is 468 g/mol. The third kappa shape index (κ3) is 3.77. The molecule has 1 saturated heterocycles. The van der Waals surface area contributed by atoms with Crippen molar-refractivity contribution in [3.05, 3.63) is 53.3 Å². The van der Waals surface area contributed by atoms with Crippen LogP contribution in [0.2, 0.25) is 0 Å². The van der Waals surface area contributed by atoms with Crippen LogP contribution >= 0.6 is 0 Å². The van der Waals surface area contributed by atoms with E-state index in [4.69, 9.17) is 15.2 Å². The number of ether oxygens (including phenoxy) is 2. The molecule has 1 atom stereocenters. The molecule has 1 unspecified atom stereocenters. The molecule has 3 aromatic heterocycles. The van der Waals surface area contributed by atoms with E-state index in [-0.39, 0.29) is 23.3 Å². The zero-order chi connectivity index (χ0) is 24.6. The number of amides is 1. The van der Waals surface area contributed by atoms with Gasteiger partial charge < -0.3 is 20.1 Å². The van der Waals surface area contributed by atoms with Crippen LogP contribution in [-0.2, 0) is 4.79 Å². The van der Waals surface area contributed by atoms with Crippen LogP contribution in [0.1, 0.15) is 35.1 Å². The Labute approximate surface area is 194 Å². The van der Waals surface area contributed by atoms with E-state index in [9.17, 15) is 13.6 Å². The lowest BCUT2D eigenvalue weighted by molar-refractivity contribution is -0.125. The van der Waals surface area contributed by atoms with Crippen LogP contribution in [-0.4, -0.2) is 57.5 Å². The maximum absolute atomic E-state index is 14.7. The van der Waals surface area contributed by atoms with E-state index in [1.807, 2.05) is 11.3 Å². The number of methoxy groups -OCH3 is 2. The topological polar surface area (TPSA) is 108 Å². The molecule has 34 heavy (non-hydrogen) atoms. The Morgan fingerprint density at radius 2 is 1.91 bits per heavy atom. The van der Waals surface area contributed by atoms with E-state index >= 15 is 0 Å². The van der Waals surface area contributed by atoms with Crippen molar-refractivity contribution in [2.24, 2.45) is 0 Å². The average molecular weight is 468 g/mol. The third-order valence-corrected chi connectivity index (χ3v) is 5.64. The standard InChI is InChI=1S/C23H22F2N6O3/c1-5-16(32)30-9-8-13(11-30)21-28-15(19-20(26)27-10-12(2)31(19)21)7-6-14-17(24)22(33-3)29-23(34-4)18(14)25/h5,10,13H,1,8-9,11H2,2-4H3,(H2,26,27). The van der Waals surface area contributed by atoms with Crippen molar-refractivity contribution in [3.8, 4) is 23.6 Å².